The Balaban J connectivity index is 2.02. The van der Waals surface area contributed by atoms with Crippen LogP contribution in [0.15, 0.2) is 48.5 Å². The molecule has 0 spiro atoms. The number of ether oxygens (including phenoxy) is 1. The Morgan fingerprint density at radius 1 is 1.19 bits per heavy atom. The molecule has 2 aromatic rings. The van der Waals surface area contributed by atoms with Crippen LogP contribution < -0.4 is 5.32 Å². The highest BCUT2D eigenvalue weighted by Crippen LogP contribution is 2.20. The molecule has 110 valence electrons. The molecule has 1 unspecified atom stereocenters. The molecule has 3 heteroatoms. The fourth-order valence-corrected chi connectivity index (χ4v) is 2.27. The van der Waals surface area contributed by atoms with E-state index < -0.39 is 0 Å². The molecule has 1 atom stereocenters. The molecule has 0 saturated heterocycles. The molecule has 2 aromatic carbocycles. The summed E-state index contributed by atoms with van der Waals surface area (Å²) in [7, 11) is 1.39. The third-order valence-corrected chi connectivity index (χ3v) is 3.61. The van der Waals surface area contributed by atoms with Gasteiger partial charge in [0.1, 0.15) is 0 Å². The van der Waals surface area contributed by atoms with E-state index in [0.29, 0.717) is 11.5 Å². The summed E-state index contributed by atoms with van der Waals surface area (Å²) in [4.78, 5) is 11.5. The number of nitrogens with one attached hydrogen (secondary N) is 1. The van der Waals surface area contributed by atoms with Gasteiger partial charge in [-0.25, -0.2) is 4.79 Å². The lowest BCUT2D eigenvalue weighted by Gasteiger charge is -2.16. The first kappa shape index (κ1) is 15.1. The summed E-state index contributed by atoms with van der Waals surface area (Å²) >= 11 is 0. The van der Waals surface area contributed by atoms with Crippen molar-refractivity contribution in [1.82, 2.24) is 0 Å². The molecule has 0 fully saturated rings. The van der Waals surface area contributed by atoms with Gasteiger partial charge in [-0.1, -0.05) is 37.3 Å². The molecule has 21 heavy (non-hydrogen) atoms. The number of benzene rings is 2. The van der Waals surface area contributed by atoms with E-state index in [1.54, 1.807) is 6.07 Å². The number of hydrogen-bond acceptors (Lipinski definition) is 3. The maximum absolute atomic E-state index is 11.5. The number of hydrogen-bond donors (Lipinski definition) is 1. The van der Waals surface area contributed by atoms with Gasteiger partial charge in [-0.2, -0.15) is 0 Å². The maximum atomic E-state index is 11.5. The molecular weight excluding hydrogens is 262 g/mol. The Hall–Kier alpha value is -2.29. The molecule has 0 saturated carbocycles. The second kappa shape index (κ2) is 6.93. The van der Waals surface area contributed by atoms with E-state index in [4.69, 9.17) is 4.74 Å². The summed E-state index contributed by atoms with van der Waals surface area (Å²) in [6, 6.07) is 16.0. The monoisotopic (exact) mass is 283 g/mol. The number of anilines is 1. The summed E-state index contributed by atoms with van der Waals surface area (Å²) in [5, 5.41) is 3.44. The van der Waals surface area contributed by atoms with Crippen LogP contribution in [0, 0.1) is 6.92 Å². The van der Waals surface area contributed by atoms with E-state index in [-0.39, 0.29) is 5.97 Å². The second-order valence-electron chi connectivity index (χ2n) is 5.21. The van der Waals surface area contributed by atoms with E-state index in [0.717, 1.165) is 17.8 Å². The lowest BCUT2D eigenvalue weighted by atomic mass is 10.0. The largest absolute Gasteiger partial charge is 0.465 e. The third-order valence-electron chi connectivity index (χ3n) is 3.61. The van der Waals surface area contributed by atoms with E-state index in [1.165, 1.54) is 12.7 Å². The third kappa shape index (κ3) is 3.85. The molecule has 3 nitrogen and oxygen atoms in total. The van der Waals surface area contributed by atoms with Crippen molar-refractivity contribution < 1.29 is 9.53 Å². The Bertz CT molecular complexity index is 608. The lowest BCUT2D eigenvalue weighted by Crippen LogP contribution is -2.11. The zero-order valence-corrected chi connectivity index (χ0v) is 12.7. The van der Waals surface area contributed by atoms with Crippen molar-refractivity contribution in [2.24, 2.45) is 0 Å². The molecule has 0 aliphatic carbocycles. The minimum absolute atomic E-state index is 0.303. The normalized spacial score (nSPS) is 11.8. The summed E-state index contributed by atoms with van der Waals surface area (Å²) in [6.07, 6.45) is 0. The predicted octanol–water partition coefficient (Wildman–Crippen LogP) is 4.00. The molecule has 0 aliphatic rings. The number of esters is 1. The predicted molar refractivity (Wildman–Crippen MR) is 85.9 cm³/mol. The number of aryl methyl sites for hydroxylation is 1. The first-order valence-corrected chi connectivity index (χ1v) is 7.09. The average Bonchev–Trinajstić information content (AvgIpc) is 2.53. The van der Waals surface area contributed by atoms with Gasteiger partial charge in [0.25, 0.3) is 0 Å². The highest BCUT2D eigenvalue weighted by molar-refractivity contribution is 5.90. The van der Waals surface area contributed by atoms with Gasteiger partial charge < -0.3 is 10.1 Å². The number of carbonyl (C=O) groups is 1. The van der Waals surface area contributed by atoms with Crippen LogP contribution in [0.1, 0.15) is 34.3 Å². The Kier molecular flexibility index (Phi) is 4.99. The van der Waals surface area contributed by atoms with E-state index in [9.17, 15) is 4.79 Å². The zero-order chi connectivity index (χ0) is 15.2. The van der Waals surface area contributed by atoms with Crippen molar-refractivity contribution in [1.29, 1.82) is 0 Å². The molecule has 1 N–H and O–H groups in total. The maximum Gasteiger partial charge on any atom is 0.337 e. The SMILES string of the molecule is COC(=O)c1ccc(NCC(C)c2ccccc2)c(C)c1. The highest BCUT2D eigenvalue weighted by Gasteiger charge is 2.09. The quantitative estimate of drug-likeness (QED) is 0.843. The van der Waals surface area contributed by atoms with Crippen LogP contribution in [0.4, 0.5) is 5.69 Å². The molecule has 0 aliphatic heterocycles. The van der Waals surface area contributed by atoms with Crippen LogP contribution in [0.5, 0.6) is 0 Å². The zero-order valence-electron chi connectivity index (χ0n) is 12.7. The van der Waals surface area contributed by atoms with Gasteiger partial charge in [0.2, 0.25) is 0 Å². The summed E-state index contributed by atoms with van der Waals surface area (Å²) in [6.45, 7) is 5.03. The van der Waals surface area contributed by atoms with Gasteiger partial charge in [0.05, 0.1) is 12.7 Å². The Labute approximate surface area is 126 Å². The van der Waals surface area contributed by atoms with Crippen molar-refractivity contribution >= 4 is 11.7 Å². The Morgan fingerprint density at radius 2 is 1.90 bits per heavy atom. The van der Waals surface area contributed by atoms with Crippen LogP contribution in [-0.2, 0) is 4.74 Å². The lowest BCUT2D eigenvalue weighted by molar-refractivity contribution is 0.0600. The molecule has 0 radical (unpaired) electrons. The minimum atomic E-state index is -0.303. The van der Waals surface area contributed by atoms with Gasteiger partial charge in [-0.15, -0.1) is 0 Å². The first-order chi connectivity index (χ1) is 10.1. The molecule has 0 aromatic heterocycles. The standard InChI is InChI=1S/C18H21NO2/c1-13-11-16(18(20)21-3)9-10-17(13)19-12-14(2)15-7-5-4-6-8-15/h4-11,14,19H,12H2,1-3H3. The van der Waals surface area contributed by atoms with Crippen LogP contribution in [-0.4, -0.2) is 19.6 Å². The molecule has 0 heterocycles. The van der Waals surface area contributed by atoms with Crippen LogP contribution in [0.25, 0.3) is 0 Å². The first-order valence-electron chi connectivity index (χ1n) is 7.09. The summed E-state index contributed by atoms with van der Waals surface area (Å²) in [5.41, 5.74) is 3.98. The van der Waals surface area contributed by atoms with E-state index in [1.807, 2.05) is 25.1 Å². The number of rotatable bonds is 5. The van der Waals surface area contributed by atoms with Crippen molar-refractivity contribution in [3.05, 3.63) is 65.2 Å². The summed E-state index contributed by atoms with van der Waals surface area (Å²) in [5.74, 6) is 0.119. The molecule has 0 bridgehead atoms. The number of methoxy groups -OCH3 is 1. The topological polar surface area (TPSA) is 38.3 Å². The van der Waals surface area contributed by atoms with Crippen LogP contribution in [0.3, 0.4) is 0 Å². The highest BCUT2D eigenvalue weighted by atomic mass is 16.5. The smallest absolute Gasteiger partial charge is 0.337 e. The molecule has 2 rings (SSSR count). The fraction of sp³-hybridized carbons (Fsp3) is 0.278. The molecule has 0 amide bonds. The molecular formula is C18H21NO2. The van der Waals surface area contributed by atoms with Crippen molar-refractivity contribution in [3.63, 3.8) is 0 Å². The second-order valence-corrected chi connectivity index (χ2v) is 5.21. The van der Waals surface area contributed by atoms with Gasteiger partial charge in [-0.05, 0) is 42.2 Å². The van der Waals surface area contributed by atoms with E-state index in [2.05, 4.69) is 36.5 Å². The Morgan fingerprint density at radius 3 is 2.52 bits per heavy atom. The fourth-order valence-electron chi connectivity index (χ4n) is 2.27. The minimum Gasteiger partial charge on any atom is -0.465 e. The number of carbonyl (C=O) groups excluding carboxylic acids is 1. The van der Waals surface area contributed by atoms with Gasteiger partial charge in [0, 0.05) is 12.2 Å². The van der Waals surface area contributed by atoms with Gasteiger partial charge >= 0.3 is 5.97 Å². The van der Waals surface area contributed by atoms with Crippen molar-refractivity contribution in [2.45, 2.75) is 19.8 Å². The van der Waals surface area contributed by atoms with E-state index >= 15 is 0 Å². The van der Waals surface area contributed by atoms with Crippen LogP contribution >= 0.6 is 0 Å². The summed E-state index contributed by atoms with van der Waals surface area (Å²) < 4.78 is 4.73. The van der Waals surface area contributed by atoms with Crippen molar-refractivity contribution in [2.75, 3.05) is 19.0 Å². The van der Waals surface area contributed by atoms with Crippen molar-refractivity contribution in [3.8, 4) is 0 Å². The van der Waals surface area contributed by atoms with Gasteiger partial charge in [0.15, 0.2) is 0 Å². The van der Waals surface area contributed by atoms with Gasteiger partial charge in [-0.3, -0.25) is 0 Å². The average molecular weight is 283 g/mol. The van der Waals surface area contributed by atoms with Crippen LogP contribution in [0.2, 0.25) is 0 Å².